The Kier molecular flexibility index (Phi) is 4.89. The third-order valence-corrected chi connectivity index (χ3v) is 5.09. The van der Waals surface area contributed by atoms with Crippen molar-refractivity contribution in [3.8, 4) is 0 Å². The number of carbonyl (C=O) groups is 3. The summed E-state index contributed by atoms with van der Waals surface area (Å²) in [4.78, 5) is 37.8. The maximum atomic E-state index is 12.5. The fourth-order valence-corrected chi connectivity index (χ4v) is 3.78. The molecule has 0 unspecified atom stereocenters. The van der Waals surface area contributed by atoms with Crippen molar-refractivity contribution in [2.45, 2.75) is 44.1 Å². The van der Waals surface area contributed by atoms with E-state index in [2.05, 4.69) is 26.6 Å². The first-order valence-electron chi connectivity index (χ1n) is 8.20. The van der Waals surface area contributed by atoms with Gasteiger partial charge in [-0.05, 0) is 37.5 Å². The maximum Gasteiger partial charge on any atom is 0.325 e. The first-order chi connectivity index (χ1) is 11.5. The second kappa shape index (κ2) is 6.93. The molecular formula is C17H20BrN3O3. The standard InChI is InChI=1S/C17H20BrN3O3/c18-12-5-3-6-13(11-12)19-14(22)7-4-10-21-15(23)17(20-16(21)24)8-1-2-9-17/h3,5-6,11H,1-2,4,7-10H2,(H,19,22)(H,20,24). The van der Waals surface area contributed by atoms with E-state index in [4.69, 9.17) is 0 Å². The number of carbonyl (C=O) groups excluding carboxylic acids is 3. The number of hydrogen-bond donors (Lipinski definition) is 2. The lowest BCUT2D eigenvalue weighted by atomic mass is 9.98. The minimum Gasteiger partial charge on any atom is -0.326 e. The summed E-state index contributed by atoms with van der Waals surface area (Å²) < 4.78 is 0.890. The Morgan fingerprint density at radius 1 is 1.29 bits per heavy atom. The number of rotatable bonds is 5. The molecule has 1 saturated carbocycles. The van der Waals surface area contributed by atoms with Crippen LogP contribution in [0.4, 0.5) is 10.5 Å². The van der Waals surface area contributed by atoms with Gasteiger partial charge in [0.1, 0.15) is 5.54 Å². The Balaban J connectivity index is 1.48. The van der Waals surface area contributed by atoms with Gasteiger partial charge in [-0.15, -0.1) is 0 Å². The number of nitrogens with zero attached hydrogens (tertiary/aromatic N) is 1. The Labute approximate surface area is 149 Å². The second-order valence-corrected chi connectivity index (χ2v) is 7.25. The summed E-state index contributed by atoms with van der Waals surface area (Å²) in [6.07, 6.45) is 4.09. The SMILES string of the molecule is O=C(CCCN1C(=O)NC2(CCCC2)C1=O)Nc1cccc(Br)c1. The molecule has 2 aliphatic rings. The van der Waals surface area contributed by atoms with Crippen LogP contribution in [0.1, 0.15) is 38.5 Å². The number of amides is 4. The van der Waals surface area contributed by atoms with Gasteiger partial charge in [0.05, 0.1) is 0 Å². The summed E-state index contributed by atoms with van der Waals surface area (Å²) in [6.45, 7) is 0.276. The van der Waals surface area contributed by atoms with Gasteiger partial charge in [-0.2, -0.15) is 0 Å². The van der Waals surface area contributed by atoms with E-state index in [9.17, 15) is 14.4 Å². The second-order valence-electron chi connectivity index (χ2n) is 6.34. The first-order valence-corrected chi connectivity index (χ1v) is 8.99. The van der Waals surface area contributed by atoms with E-state index in [0.717, 1.165) is 30.2 Å². The molecule has 0 radical (unpaired) electrons. The maximum absolute atomic E-state index is 12.5. The molecule has 3 rings (SSSR count). The molecule has 7 heteroatoms. The lowest BCUT2D eigenvalue weighted by Gasteiger charge is -2.19. The van der Waals surface area contributed by atoms with E-state index in [0.29, 0.717) is 12.1 Å². The molecule has 0 atom stereocenters. The third kappa shape index (κ3) is 3.45. The molecule has 2 fully saturated rings. The van der Waals surface area contributed by atoms with Gasteiger partial charge in [0.2, 0.25) is 5.91 Å². The Hall–Kier alpha value is -1.89. The predicted octanol–water partition coefficient (Wildman–Crippen LogP) is 3.03. The lowest BCUT2D eigenvalue weighted by molar-refractivity contribution is -0.131. The van der Waals surface area contributed by atoms with E-state index in [-0.39, 0.29) is 30.8 Å². The first kappa shape index (κ1) is 17.0. The van der Waals surface area contributed by atoms with Crippen LogP contribution in [-0.4, -0.2) is 34.8 Å². The number of urea groups is 1. The van der Waals surface area contributed by atoms with E-state index < -0.39 is 5.54 Å². The van der Waals surface area contributed by atoms with Gasteiger partial charge in [-0.3, -0.25) is 14.5 Å². The summed E-state index contributed by atoms with van der Waals surface area (Å²) in [5.74, 6) is -0.256. The number of halogens is 1. The highest BCUT2D eigenvalue weighted by atomic mass is 79.9. The van der Waals surface area contributed by atoms with Crippen molar-refractivity contribution in [1.29, 1.82) is 0 Å². The van der Waals surface area contributed by atoms with Crippen molar-refractivity contribution in [2.24, 2.45) is 0 Å². The van der Waals surface area contributed by atoms with Gasteiger partial charge in [0.15, 0.2) is 0 Å². The zero-order valence-electron chi connectivity index (χ0n) is 13.3. The van der Waals surface area contributed by atoms with E-state index in [1.807, 2.05) is 24.3 Å². The van der Waals surface area contributed by atoms with Crippen molar-refractivity contribution < 1.29 is 14.4 Å². The highest BCUT2D eigenvalue weighted by Crippen LogP contribution is 2.35. The smallest absolute Gasteiger partial charge is 0.325 e. The van der Waals surface area contributed by atoms with Crippen LogP contribution in [0.15, 0.2) is 28.7 Å². The zero-order valence-corrected chi connectivity index (χ0v) is 14.9. The number of imide groups is 1. The molecule has 0 bridgehead atoms. The number of anilines is 1. The largest absolute Gasteiger partial charge is 0.326 e. The minimum absolute atomic E-state index is 0.127. The van der Waals surface area contributed by atoms with Gasteiger partial charge in [0.25, 0.3) is 5.91 Å². The summed E-state index contributed by atoms with van der Waals surface area (Å²) >= 11 is 3.35. The lowest BCUT2D eigenvalue weighted by Crippen LogP contribution is -2.44. The normalized spacial score (nSPS) is 19.0. The van der Waals surface area contributed by atoms with E-state index in [1.54, 1.807) is 0 Å². The fourth-order valence-electron chi connectivity index (χ4n) is 3.38. The van der Waals surface area contributed by atoms with Crippen molar-refractivity contribution in [3.05, 3.63) is 28.7 Å². The number of hydrogen-bond acceptors (Lipinski definition) is 3. The van der Waals surface area contributed by atoms with Crippen molar-refractivity contribution >= 4 is 39.5 Å². The third-order valence-electron chi connectivity index (χ3n) is 4.60. The van der Waals surface area contributed by atoms with Gasteiger partial charge in [-0.1, -0.05) is 34.8 Å². The molecule has 4 amide bonds. The van der Waals surface area contributed by atoms with Crippen LogP contribution in [0.2, 0.25) is 0 Å². The summed E-state index contributed by atoms with van der Waals surface area (Å²) in [6, 6.07) is 7.03. The summed E-state index contributed by atoms with van der Waals surface area (Å²) in [5, 5.41) is 5.65. The highest BCUT2D eigenvalue weighted by Gasteiger charge is 2.51. The molecule has 1 heterocycles. The quantitative estimate of drug-likeness (QED) is 0.754. The van der Waals surface area contributed by atoms with Crippen LogP contribution in [0, 0.1) is 0 Å². The van der Waals surface area contributed by atoms with Gasteiger partial charge >= 0.3 is 6.03 Å². The van der Waals surface area contributed by atoms with E-state index in [1.165, 1.54) is 4.90 Å². The van der Waals surface area contributed by atoms with Crippen LogP contribution < -0.4 is 10.6 Å². The Bertz CT molecular complexity index is 671. The van der Waals surface area contributed by atoms with Gasteiger partial charge < -0.3 is 10.6 Å². The van der Waals surface area contributed by atoms with E-state index >= 15 is 0 Å². The van der Waals surface area contributed by atoms with Crippen molar-refractivity contribution in [2.75, 3.05) is 11.9 Å². The van der Waals surface area contributed by atoms with Crippen LogP contribution in [0.3, 0.4) is 0 Å². The van der Waals surface area contributed by atoms with Crippen molar-refractivity contribution in [3.63, 3.8) is 0 Å². The molecule has 1 saturated heterocycles. The Morgan fingerprint density at radius 2 is 2.04 bits per heavy atom. The molecule has 1 aliphatic carbocycles. The van der Waals surface area contributed by atoms with Gasteiger partial charge in [0, 0.05) is 23.1 Å². The van der Waals surface area contributed by atoms with Gasteiger partial charge in [-0.25, -0.2) is 4.79 Å². The summed E-state index contributed by atoms with van der Waals surface area (Å²) in [7, 11) is 0. The molecule has 1 aromatic rings. The number of nitrogens with one attached hydrogen (secondary N) is 2. The van der Waals surface area contributed by atoms with Crippen LogP contribution in [0.25, 0.3) is 0 Å². The molecule has 0 aromatic heterocycles. The molecule has 1 aliphatic heterocycles. The topological polar surface area (TPSA) is 78.5 Å². The molecule has 2 N–H and O–H groups in total. The molecule has 1 spiro atoms. The molecule has 128 valence electrons. The predicted molar refractivity (Wildman–Crippen MR) is 93.4 cm³/mol. The highest BCUT2D eigenvalue weighted by molar-refractivity contribution is 9.10. The fraction of sp³-hybridized carbons (Fsp3) is 0.471. The molecule has 1 aromatic carbocycles. The van der Waals surface area contributed by atoms with Crippen LogP contribution in [-0.2, 0) is 9.59 Å². The average molecular weight is 394 g/mol. The number of benzene rings is 1. The summed E-state index contributed by atoms with van der Waals surface area (Å²) in [5.41, 5.74) is 0.0459. The van der Waals surface area contributed by atoms with Crippen molar-refractivity contribution in [1.82, 2.24) is 10.2 Å². The molecule has 6 nitrogen and oxygen atoms in total. The van der Waals surface area contributed by atoms with Crippen LogP contribution in [0.5, 0.6) is 0 Å². The zero-order chi connectivity index (χ0) is 17.2. The minimum atomic E-state index is -0.671. The average Bonchev–Trinajstić information content (AvgIpc) is 3.08. The molecular weight excluding hydrogens is 374 g/mol. The van der Waals surface area contributed by atoms with Crippen LogP contribution >= 0.6 is 15.9 Å². The Morgan fingerprint density at radius 3 is 2.75 bits per heavy atom. The monoisotopic (exact) mass is 393 g/mol. The molecule has 24 heavy (non-hydrogen) atoms.